The number of hydrogen-bond acceptors (Lipinski definition) is 6. The molecule has 0 amide bonds. The van der Waals surface area contributed by atoms with E-state index in [2.05, 4.69) is 16.9 Å². The summed E-state index contributed by atoms with van der Waals surface area (Å²) in [6.45, 7) is 5.04. The van der Waals surface area contributed by atoms with Crippen LogP contribution < -0.4 is 11.1 Å². The molecule has 0 aliphatic carbocycles. The number of hydrogen-bond donors (Lipinski definition) is 2. The minimum absolute atomic E-state index is 0.00209. The number of unbranched alkanes of at least 4 members (excludes halogenated alkanes) is 1. The van der Waals surface area contributed by atoms with Gasteiger partial charge < -0.3 is 11.1 Å². The third-order valence-corrected chi connectivity index (χ3v) is 7.43. The van der Waals surface area contributed by atoms with Gasteiger partial charge in [0.2, 0.25) is 5.78 Å². The molecule has 3 rings (SSSR count). The number of aromatic nitrogens is 1. The van der Waals surface area contributed by atoms with Crippen molar-refractivity contribution in [1.29, 1.82) is 0 Å². The molecular weight excluding hydrogens is 430 g/mol. The largest absolute Gasteiger partial charge is 0.382 e. The fourth-order valence-electron chi connectivity index (χ4n) is 3.24. The molecule has 1 aliphatic rings. The minimum atomic E-state index is -0.992. The van der Waals surface area contributed by atoms with Gasteiger partial charge >= 0.3 is 0 Å². The molecule has 30 heavy (non-hydrogen) atoms. The van der Waals surface area contributed by atoms with Gasteiger partial charge in [0, 0.05) is 24.9 Å². The number of halogens is 2. The smallest absolute Gasteiger partial charge is 0.212 e. The molecule has 1 unspecified atom stereocenters. The summed E-state index contributed by atoms with van der Waals surface area (Å²) in [7, 11) is -0.992. The summed E-state index contributed by atoms with van der Waals surface area (Å²) in [6.07, 6.45) is 5.06. The molecule has 1 aromatic heterocycles. The molecule has 1 saturated heterocycles. The Bertz CT molecular complexity index is 923. The van der Waals surface area contributed by atoms with Crippen LogP contribution in [-0.4, -0.2) is 44.2 Å². The predicted molar refractivity (Wildman–Crippen MR) is 117 cm³/mol. The number of nitrogens with one attached hydrogen (secondary N) is 1. The van der Waals surface area contributed by atoms with Crippen molar-refractivity contribution in [2.45, 2.75) is 31.7 Å². The first-order valence-electron chi connectivity index (χ1n) is 9.66. The quantitative estimate of drug-likeness (QED) is 0.342. The highest BCUT2D eigenvalue weighted by Gasteiger charge is 2.26. The van der Waals surface area contributed by atoms with E-state index >= 15 is 0 Å². The van der Waals surface area contributed by atoms with Crippen molar-refractivity contribution < 1.29 is 17.8 Å². The Morgan fingerprint density at radius 1 is 1.37 bits per heavy atom. The molecule has 1 fully saturated rings. The molecule has 1 atom stereocenters. The summed E-state index contributed by atoms with van der Waals surface area (Å²) in [4.78, 5) is 16.7. The lowest BCUT2D eigenvalue weighted by atomic mass is 10.1. The van der Waals surface area contributed by atoms with Gasteiger partial charge in [-0.2, -0.15) is 0 Å². The van der Waals surface area contributed by atoms with Crippen LogP contribution in [0.5, 0.6) is 0 Å². The predicted octanol–water partition coefficient (Wildman–Crippen LogP) is 3.74. The maximum absolute atomic E-state index is 13.9. The summed E-state index contributed by atoms with van der Waals surface area (Å²) in [5, 5.41) is 3.67. The number of nitrogens with two attached hydrogens (primary N) is 1. The van der Waals surface area contributed by atoms with Crippen LogP contribution in [0, 0.1) is 11.6 Å². The zero-order valence-corrected chi connectivity index (χ0v) is 18.0. The van der Waals surface area contributed by atoms with Crippen LogP contribution in [0.25, 0.3) is 0 Å². The molecule has 0 radical (unpaired) electrons. The van der Waals surface area contributed by atoms with E-state index in [0.717, 1.165) is 49.2 Å². The zero-order valence-electron chi connectivity index (χ0n) is 16.4. The van der Waals surface area contributed by atoms with E-state index in [0.29, 0.717) is 24.0 Å². The van der Waals surface area contributed by atoms with E-state index in [9.17, 15) is 17.8 Å². The number of carbonyl (C=O) groups excluding carboxylic acids is 1. The molecule has 0 bridgehead atoms. The van der Waals surface area contributed by atoms with Crippen LogP contribution in [0.15, 0.2) is 30.9 Å². The van der Waals surface area contributed by atoms with Gasteiger partial charge in [-0.3, -0.25) is 4.79 Å². The Hall–Kier alpha value is -2.17. The number of rotatable bonds is 9. The second-order valence-corrected chi connectivity index (χ2v) is 9.53. The normalized spacial score (nSPS) is 16.3. The van der Waals surface area contributed by atoms with Gasteiger partial charge in [-0.05, 0) is 37.8 Å². The topological polar surface area (TPSA) is 88.3 Å². The molecule has 1 aliphatic heterocycles. The van der Waals surface area contributed by atoms with Crippen LogP contribution in [0.4, 0.5) is 19.7 Å². The third kappa shape index (κ3) is 5.30. The monoisotopic (exact) mass is 454 g/mol. The maximum atomic E-state index is 13.9. The molecule has 1 aromatic carbocycles. The van der Waals surface area contributed by atoms with Crippen molar-refractivity contribution >= 4 is 39.1 Å². The zero-order chi connectivity index (χ0) is 21.7. The van der Waals surface area contributed by atoms with Crippen LogP contribution >= 0.6 is 11.3 Å². The fraction of sp³-hybridized carbons (Fsp3) is 0.400. The Morgan fingerprint density at radius 2 is 2.03 bits per heavy atom. The van der Waals surface area contributed by atoms with Crippen LogP contribution in [0.3, 0.4) is 0 Å². The van der Waals surface area contributed by atoms with Crippen molar-refractivity contribution in [2.75, 3.05) is 29.9 Å². The van der Waals surface area contributed by atoms with Gasteiger partial charge in [0.05, 0.1) is 16.5 Å². The van der Waals surface area contributed by atoms with Crippen molar-refractivity contribution in [2.24, 2.45) is 0 Å². The number of allylic oxidation sites excluding steroid dienone is 1. The molecule has 2 aromatic rings. The molecule has 3 N–H and O–H groups in total. The Kier molecular flexibility index (Phi) is 7.68. The van der Waals surface area contributed by atoms with E-state index in [-0.39, 0.29) is 16.7 Å². The summed E-state index contributed by atoms with van der Waals surface area (Å²) in [6, 6.07) is 3.34. The molecule has 162 valence electrons. The highest BCUT2D eigenvalue weighted by atomic mass is 32.2. The number of anilines is 2. The van der Waals surface area contributed by atoms with Crippen molar-refractivity contribution in [3.63, 3.8) is 0 Å². The van der Waals surface area contributed by atoms with Gasteiger partial charge in [0.25, 0.3) is 0 Å². The molecule has 0 saturated carbocycles. The van der Waals surface area contributed by atoms with E-state index < -0.39 is 34.0 Å². The second kappa shape index (κ2) is 10.2. The number of nitrogen functional groups attached to an aromatic ring is 1. The van der Waals surface area contributed by atoms with Crippen molar-refractivity contribution in [3.8, 4) is 0 Å². The third-order valence-electron chi connectivity index (χ3n) is 4.85. The van der Waals surface area contributed by atoms with E-state index in [1.807, 2.05) is 10.4 Å². The number of ketones is 1. The molecule has 2 heterocycles. The first kappa shape index (κ1) is 22.5. The lowest BCUT2D eigenvalue weighted by molar-refractivity contribution is 0.103. The lowest BCUT2D eigenvalue weighted by Crippen LogP contribution is -2.40. The molecule has 0 spiro atoms. The van der Waals surface area contributed by atoms with Crippen molar-refractivity contribution in [1.82, 2.24) is 9.29 Å². The lowest BCUT2D eigenvalue weighted by Gasteiger charge is -2.31. The van der Waals surface area contributed by atoms with E-state index in [4.69, 9.17) is 5.73 Å². The number of nitrogens with zero attached hydrogens (tertiary/aromatic N) is 2. The fourth-order valence-corrected chi connectivity index (χ4v) is 5.44. The number of piperidine rings is 1. The van der Waals surface area contributed by atoms with Gasteiger partial charge in [0.1, 0.15) is 22.3 Å². The van der Waals surface area contributed by atoms with Gasteiger partial charge in [-0.1, -0.05) is 23.5 Å². The van der Waals surface area contributed by atoms with Gasteiger partial charge in [0.15, 0.2) is 5.13 Å². The molecule has 6 nitrogen and oxygen atoms in total. The average Bonchev–Trinajstić information content (AvgIpc) is 3.08. The second-order valence-electron chi connectivity index (χ2n) is 6.96. The molecular formula is C20H24F2N4O2S2. The number of carbonyl (C=O) groups is 1. The van der Waals surface area contributed by atoms with E-state index in [1.165, 1.54) is 6.07 Å². The SMILES string of the molecule is C=CCCCS(=O)N1CCC(Nc2nc(N)c(C(=O)c3c(F)cccc3F)s2)CC1. The molecule has 10 heteroatoms. The first-order valence-corrected chi connectivity index (χ1v) is 11.8. The number of benzene rings is 1. The summed E-state index contributed by atoms with van der Waals surface area (Å²) in [5.41, 5.74) is 5.21. The van der Waals surface area contributed by atoms with Crippen molar-refractivity contribution in [3.05, 3.63) is 52.9 Å². The first-order chi connectivity index (χ1) is 14.4. The highest BCUT2D eigenvalue weighted by Crippen LogP contribution is 2.30. The van der Waals surface area contributed by atoms with Crippen LogP contribution in [0.2, 0.25) is 0 Å². The number of thiazole rings is 1. The van der Waals surface area contributed by atoms with Crippen LogP contribution in [-0.2, 0) is 11.0 Å². The maximum Gasteiger partial charge on any atom is 0.212 e. The standard InChI is InChI=1S/C20H24F2N4O2S2/c1-2-3-4-12-30(28)26-10-8-13(9-11-26)24-20-25-19(23)18(29-20)17(27)16-14(21)6-5-7-15(16)22/h2,5-7,13H,1,3-4,8-12,23H2,(H,24,25). The summed E-state index contributed by atoms with van der Waals surface area (Å²) in [5.74, 6) is -2.12. The van der Waals surface area contributed by atoms with Crippen LogP contribution in [0.1, 0.15) is 40.9 Å². The summed E-state index contributed by atoms with van der Waals surface area (Å²) < 4.78 is 42.1. The Labute approximate surface area is 180 Å². The average molecular weight is 455 g/mol. The summed E-state index contributed by atoms with van der Waals surface area (Å²) >= 11 is 0.981. The minimum Gasteiger partial charge on any atom is -0.382 e. The van der Waals surface area contributed by atoms with E-state index in [1.54, 1.807) is 0 Å². The Balaban J connectivity index is 1.60. The highest BCUT2D eigenvalue weighted by molar-refractivity contribution is 7.82. The Morgan fingerprint density at radius 3 is 2.67 bits per heavy atom. The van der Waals surface area contributed by atoms with Gasteiger partial charge in [-0.25, -0.2) is 22.3 Å². The van der Waals surface area contributed by atoms with Gasteiger partial charge in [-0.15, -0.1) is 6.58 Å².